The average molecular weight is 314 g/mol. The van der Waals surface area contributed by atoms with Crippen LogP contribution in [-0.2, 0) is 0 Å². The molecule has 0 saturated heterocycles. The van der Waals surface area contributed by atoms with Crippen molar-refractivity contribution in [2.45, 2.75) is 46.5 Å². The molecule has 1 aliphatic carbocycles. The highest BCUT2D eigenvalue weighted by molar-refractivity contribution is 5.19. The van der Waals surface area contributed by atoms with Crippen LogP contribution in [0.5, 0.6) is 11.5 Å². The highest BCUT2D eigenvalue weighted by Gasteiger charge is 2.27. The van der Waals surface area contributed by atoms with Gasteiger partial charge in [-0.3, -0.25) is 0 Å². The highest BCUT2D eigenvalue weighted by atomic mass is 16.3. The fourth-order valence-corrected chi connectivity index (χ4v) is 2.52. The number of aromatic hydroxyl groups is 2. The third-order valence-corrected chi connectivity index (χ3v) is 4.55. The molecule has 0 amide bonds. The molecule has 2 N–H and O–H groups in total. The lowest BCUT2D eigenvalue weighted by Gasteiger charge is -2.36. The van der Waals surface area contributed by atoms with Crippen molar-refractivity contribution in [2.75, 3.05) is 0 Å². The second kappa shape index (κ2) is 9.94. The van der Waals surface area contributed by atoms with Crippen molar-refractivity contribution >= 4 is 0 Å². The Hall–Kier alpha value is -1.96. The SMILES string of the molecule is CC1CCCCC1(C)C.Oc1ccccc1.Oc1ccccc1. The molecule has 126 valence electrons. The maximum Gasteiger partial charge on any atom is 0.115 e. The second-order valence-corrected chi connectivity index (χ2v) is 6.81. The summed E-state index contributed by atoms with van der Waals surface area (Å²) in [6, 6.07) is 17.4. The number of rotatable bonds is 0. The van der Waals surface area contributed by atoms with Gasteiger partial charge in [0.15, 0.2) is 0 Å². The summed E-state index contributed by atoms with van der Waals surface area (Å²) in [6.07, 6.45) is 5.81. The zero-order valence-corrected chi connectivity index (χ0v) is 14.6. The summed E-state index contributed by atoms with van der Waals surface area (Å²) < 4.78 is 0. The molecular formula is C21H30O2. The lowest BCUT2D eigenvalue weighted by Crippen LogP contribution is -2.24. The van der Waals surface area contributed by atoms with Crippen molar-refractivity contribution in [3.63, 3.8) is 0 Å². The van der Waals surface area contributed by atoms with E-state index in [-0.39, 0.29) is 0 Å². The van der Waals surface area contributed by atoms with Crippen LogP contribution in [0.1, 0.15) is 46.5 Å². The third kappa shape index (κ3) is 8.29. The second-order valence-electron chi connectivity index (χ2n) is 6.81. The first kappa shape index (κ1) is 19.1. The number of phenolic OH excluding ortho intramolecular Hbond substituents is 2. The van der Waals surface area contributed by atoms with E-state index in [2.05, 4.69) is 20.8 Å². The minimum Gasteiger partial charge on any atom is -0.508 e. The molecule has 3 rings (SSSR count). The topological polar surface area (TPSA) is 40.5 Å². The van der Waals surface area contributed by atoms with Gasteiger partial charge in [-0.05, 0) is 42.0 Å². The normalized spacial score (nSPS) is 18.7. The first-order valence-electron chi connectivity index (χ1n) is 8.40. The average Bonchev–Trinajstić information content (AvgIpc) is 2.53. The van der Waals surface area contributed by atoms with E-state index < -0.39 is 0 Å². The Kier molecular flexibility index (Phi) is 8.25. The molecule has 1 unspecified atom stereocenters. The predicted molar refractivity (Wildman–Crippen MR) is 97.6 cm³/mol. The van der Waals surface area contributed by atoms with E-state index in [1.54, 1.807) is 48.5 Å². The van der Waals surface area contributed by atoms with Crippen LogP contribution in [0.25, 0.3) is 0 Å². The van der Waals surface area contributed by atoms with Crippen LogP contribution in [0, 0.1) is 11.3 Å². The van der Waals surface area contributed by atoms with Gasteiger partial charge in [-0.1, -0.05) is 76.4 Å². The number of hydrogen-bond donors (Lipinski definition) is 2. The molecule has 1 saturated carbocycles. The zero-order chi connectivity index (χ0) is 17.1. The molecule has 1 atom stereocenters. The largest absolute Gasteiger partial charge is 0.508 e. The minimum absolute atomic E-state index is 0.322. The Morgan fingerprint density at radius 3 is 1.43 bits per heavy atom. The standard InChI is InChI=1S/C9H18.2C6H6O/c1-8-6-4-5-7-9(8,2)3;2*7-6-4-2-1-3-5-6/h8H,4-7H2,1-3H3;2*1-5,7H. The number of benzene rings is 2. The van der Waals surface area contributed by atoms with Gasteiger partial charge >= 0.3 is 0 Å². The van der Waals surface area contributed by atoms with Crippen LogP contribution in [-0.4, -0.2) is 10.2 Å². The molecule has 23 heavy (non-hydrogen) atoms. The summed E-state index contributed by atoms with van der Waals surface area (Å²) in [5.41, 5.74) is 0.637. The molecule has 0 bridgehead atoms. The maximum absolute atomic E-state index is 8.63. The van der Waals surface area contributed by atoms with Gasteiger partial charge in [-0.2, -0.15) is 0 Å². The van der Waals surface area contributed by atoms with Crippen LogP contribution in [0.4, 0.5) is 0 Å². The first-order chi connectivity index (χ1) is 10.9. The summed E-state index contributed by atoms with van der Waals surface area (Å²) in [4.78, 5) is 0. The summed E-state index contributed by atoms with van der Waals surface area (Å²) in [7, 11) is 0. The summed E-state index contributed by atoms with van der Waals surface area (Å²) >= 11 is 0. The van der Waals surface area contributed by atoms with Crippen molar-refractivity contribution in [2.24, 2.45) is 11.3 Å². The molecule has 0 heterocycles. The lowest BCUT2D eigenvalue weighted by molar-refractivity contribution is 0.154. The third-order valence-electron chi connectivity index (χ3n) is 4.55. The Morgan fingerprint density at radius 1 is 0.783 bits per heavy atom. The van der Waals surface area contributed by atoms with E-state index in [9.17, 15) is 0 Å². The molecular weight excluding hydrogens is 284 g/mol. The zero-order valence-electron chi connectivity index (χ0n) is 14.6. The van der Waals surface area contributed by atoms with Gasteiger partial charge in [0, 0.05) is 0 Å². The molecule has 1 fully saturated rings. The van der Waals surface area contributed by atoms with E-state index in [0.29, 0.717) is 16.9 Å². The highest BCUT2D eigenvalue weighted by Crippen LogP contribution is 2.39. The molecule has 0 aliphatic heterocycles. The van der Waals surface area contributed by atoms with Gasteiger partial charge in [-0.15, -0.1) is 0 Å². The van der Waals surface area contributed by atoms with E-state index in [4.69, 9.17) is 10.2 Å². The fourth-order valence-electron chi connectivity index (χ4n) is 2.52. The Balaban J connectivity index is 0.000000175. The fraction of sp³-hybridized carbons (Fsp3) is 0.429. The van der Waals surface area contributed by atoms with Gasteiger partial charge in [0.2, 0.25) is 0 Å². The molecule has 0 spiro atoms. The van der Waals surface area contributed by atoms with Gasteiger partial charge < -0.3 is 10.2 Å². The van der Waals surface area contributed by atoms with Gasteiger partial charge in [0.1, 0.15) is 11.5 Å². The Bertz CT molecular complexity index is 483. The van der Waals surface area contributed by atoms with Gasteiger partial charge in [0.25, 0.3) is 0 Å². The van der Waals surface area contributed by atoms with Crippen LogP contribution < -0.4 is 0 Å². The maximum atomic E-state index is 8.63. The van der Waals surface area contributed by atoms with Crippen molar-refractivity contribution < 1.29 is 10.2 Å². The monoisotopic (exact) mass is 314 g/mol. The molecule has 0 radical (unpaired) electrons. The smallest absolute Gasteiger partial charge is 0.115 e. The summed E-state index contributed by atoms with van der Waals surface area (Å²) in [6.45, 7) is 7.19. The van der Waals surface area contributed by atoms with Crippen LogP contribution in [0.15, 0.2) is 60.7 Å². The van der Waals surface area contributed by atoms with Gasteiger partial charge in [-0.25, -0.2) is 0 Å². The van der Waals surface area contributed by atoms with Crippen molar-refractivity contribution in [1.29, 1.82) is 0 Å². The number of hydrogen-bond acceptors (Lipinski definition) is 2. The molecule has 1 aliphatic rings. The van der Waals surface area contributed by atoms with Gasteiger partial charge in [0.05, 0.1) is 0 Å². The van der Waals surface area contributed by atoms with Crippen LogP contribution >= 0.6 is 0 Å². The Labute approximate surface area is 140 Å². The number of phenols is 2. The Morgan fingerprint density at radius 2 is 1.22 bits per heavy atom. The van der Waals surface area contributed by atoms with E-state index in [1.165, 1.54) is 25.7 Å². The molecule has 2 aromatic carbocycles. The predicted octanol–water partition coefficient (Wildman–Crippen LogP) is 6.01. The first-order valence-corrected chi connectivity index (χ1v) is 8.40. The summed E-state index contributed by atoms with van der Waals surface area (Å²) in [5.74, 6) is 1.59. The van der Waals surface area contributed by atoms with E-state index in [1.807, 2.05) is 12.1 Å². The van der Waals surface area contributed by atoms with E-state index in [0.717, 1.165) is 5.92 Å². The number of para-hydroxylation sites is 2. The van der Waals surface area contributed by atoms with Crippen LogP contribution in [0.2, 0.25) is 0 Å². The van der Waals surface area contributed by atoms with Crippen molar-refractivity contribution in [1.82, 2.24) is 0 Å². The van der Waals surface area contributed by atoms with E-state index >= 15 is 0 Å². The molecule has 2 aromatic rings. The summed E-state index contributed by atoms with van der Waals surface area (Å²) in [5, 5.41) is 17.3. The molecule has 0 aromatic heterocycles. The molecule has 2 nitrogen and oxygen atoms in total. The van der Waals surface area contributed by atoms with Crippen LogP contribution in [0.3, 0.4) is 0 Å². The van der Waals surface area contributed by atoms with Crippen molar-refractivity contribution in [3.8, 4) is 11.5 Å². The quantitative estimate of drug-likeness (QED) is 0.625. The lowest BCUT2D eigenvalue weighted by atomic mass is 9.70. The molecule has 2 heteroatoms. The minimum atomic E-state index is 0.322. The van der Waals surface area contributed by atoms with Crippen molar-refractivity contribution in [3.05, 3.63) is 60.7 Å².